The van der Waals surface area contributed by atoms with E-state index in [-0.39, 0.29) is 17.9 Å². The highest BCUT2D eigenvalue weighted by Gasteiger charge is 1.80. The van der Waals surface area contributed by atoms with Gasteiger partial charge in [0, 0.05) is 20.8 Å². The monoisotopic (exact) mass is 346 g/mol. The highest BCUT2D eigenvalue weighted by molar-refractivity contribution is 5.67. The quantitative estimate of drug-likeness (QED) is 0.331. The fourth-order valence-corrected chi connectivity index (χ4v) is 0.352. The van der Waals surface area contributed by atoms with E-state index in [9.17, 15) is 14.4 Å². The van der Waals surface area contributed by atoms with Crippen LogP contribution in [0, 0.1) is 0 Å². The molecule has 0 aliphatic heterocycles. The molecule has 0 bridgehead atoms. The van der Waals surface area contributed by atoms with E-state index in [4.69, 9.17) is 9.59 Å². The zero-order valence-electron chi connectivity index (χ0n) is 14.8. The number of aldehydes is 2. The molecular weight excluding hydrogens is 320 g/mol. The molecule has 0 saturated heterocycles. The molecule has 0 aliphatic rings. The van der Waals surface area contributed by atoms with Crippen molar-refractivity contribution in [1.29, 1.82) is 0 Å². The van der Waals surface area contributed by atoms with E-state index in [1.54, 1.807) is 0 Å². The van der Waals surface area contributed by atoms with Crippen LogP contribution in [-0.2, 0) is 38.2 Å². The molecule has 0 aromatic rings. The van der Waals surface area contributed by atoms with Crippen molar-refractivity contribution in [1.82, 2.24) is 0 Å². The summed E-state index contributed by atoms with van der Waals surface area (Å²) < 4.78 is 12.5. The van der Waals surface area contributed by atoms with Crippen molar-refractivity contribution in [3.05, 3.63) is 38.5 Å². The molecule has 0 fully saturated rings. The van der Waals surface area contributed by atoms with Gasteiger partial charge in [0.05, 0.1) is 18.8 Å². The van der Waals surface area contributed by atoms with Crippen LogP contribution < -0.4 is 0 Å². The van der Waals surface area contributed by atoms with Gasteiger partial charge in [0.1, 0.15) is 12.6 Å². The summed E-state index contributed by atoms with van der Waals surface area (Å²) in [5, 5.41) is 0. The van der Waals surface area contributed by atoms with Crippen molar-refractivity contribution in [2.75, 3.05) is 0 Å². The van der Waals surface area contributed by atoms with Crippen LogP contribution in [0.2, 0.25) is 0 Å². The fourth-order valence-electron chi connectivity index (χ4n) is 0.352. The van der Waals surface area contributed by atoms with E-state index in [0.29, 0.717) is 0 Å². The Kier molecular flexibility index (Phi) is 50.3. The zero-order chi connectivity index (χ0) is 20.4. The summed E-state index contributed by atoms with van der Waals surface area (Å²) >= 11 is 0. The summed E-state index contributed by atoms with van der Waals surface area (Å²) in [7, 11) is 0. The normalized spacial score (nSPS) is 6.21. The number of hydrogen-bond donors (Lipinski definition) is 0. The molecule has 0 rings (SSSR count). The number of carbonyl (C=O) groups is 5. The number of carbonyl (C=O) groups excluding carboxylic acids is 5. The van der Waals surface area contributed by atoms with E-state index < -0.39 is 0 Å². The van der Waals surface area contributed by atoms with Crippen LogP contribution >= 0.6 is 0 Å². The first-order chi connectivity index (χ1) is 11.1. The first-order valence-electron chi connectivity index (χ1n) is 6.28. The molecule has 0 saturated carbocycles. The van der Waals surface area contributed by atoms with Gasteiger partial charge in [0.25, 0.3) is 0 Å². The summed E-state index contributed by atoms with van der Waals surface area (Å²) in [6.07, 6.45) is 4.80. The Balaban J connectivity index is -0.0000000648. The molecule has 8 nitrogen and oxygen atoms in total. The zero-order valence-corrected chi connectivity index (χ0v) is 14.8. The average Bonchev–Trinajstić information content (AvgIpc) is 2.41. The molecule has 0 aromatic carbocycles. The van der Waals surface area contributed by atoms with Crippen LogP contribution in [0.4, 0.5) is 0 Å². The SMILES string of the molecule is C=COC(C)=O.C=COC(C)=O.C=COC(C)=O.CC=O.CC=O. The summed E-state index contributed by atoms with van der Waals surface area (Å²) in [6, 6.07) is 0. The minimum absolute atomic E-state index is 0.329. The fraction of sp³-hybridized carbons (Fsp3) is 0.312. The molecule has 0 radical (unpaired) electrons. The molecule has 0 aliphatic carbocycles. The molecule has 0 heterocycles. The van der Waals surface area contributed by atoms with Crippen LogP contribution in [0.5, 0.6) is 0 Å². The van der Waals surface area contributed by atoms with Gasteiger partial charge < -0.3 is 23.8 Å². The van der Waals surface area contributed by atoms with Gasteiger partial charge in [-0.05, 0) is 13.8 Å². The van der Waals surface area contributed by atoms with Crippen molar-refractivity contribution in [3.8, 4) is 0 Å². The van der Waals surface area contributed by atoms with Crippen LogP contribution in [0.1, 0.15) is 34.6 Å². The Bertz CT molecular complexity index is 319. The lowest BCUT2D eigenvalue weighted by atomic mass is 10.8. The summed E-state index contributed by atoms with van der Waals surface area (Å²) in [5.74, 6) is -0.986. The minimum atomic E-state index is -0.329. The number of hydrogen-bond acceptors (Lipinski definition) is 8. The molecule has 0 N–H and O–H groups in total. The standard InChI is InChI=1S/3C4H6O2.2C2H4O/c3*1-3-6-4(2)5;2*1-2-3/h3*3H,1H2,2H3;2*2H,1H3. The number of rotatable bonds is 3. The van der Waals surface area contributed by atoms with Crippen LogP contribution in [0.25, 0.3) is 0 Å². The Morgan fingerprint density at radius 3 is 0.750 bits per heavy atom. The maximum atomic E-state index is 9.75. The Morgan fingerprint density at radius 1 is 0.625 bits per heavy atom. The minimum Gasteiger partial charge on any atom is -0.435 e. The smallest absolute Gasteiger partial charge is 0.307 e. The third kappa shape index (κ3) is 172. The summed E-state index contributed by atoms with van der Waals surface area (Å²) in [5.41, 5.74) is 0. The predicted molar refractivity (Wildman–Crippen MR) is 89.4 cm³/mol. The molecule has 0 atom stereocenters. The highest BCUT2D eigenvalue weighted by Crippen LogP contribution is 1.71. The molecule has 138 valence electrons. The van der Waals surface area contributed by atoms with Gasteiger partial charge in [0.2, 0.25) is 0 Å². The van der Waals surface area contributed by atoms with Gasteiger partial charge in [-0.3, -0.25) is 14.4 Å². The molecule has 0 unspecified atom stereocenters. The number of esters is 3. The second kappa shape index (κ2) is 36.8. The molecule has 24 heavy (non-hydrogen) atoms. The van der Waals surface area contributed by atoms with Crippen LogP contribution in [0.3, 0.4) is 0 Å². The Labute approximate surface area is 142 Å². The lowest BCUT2D eigenvalue weighted by Crippen LogP contribution is -1.87. The summed E-state index contributed by atoms with van der Waals surface area (Å²) in [4.78, 5) is 46.9. The van der Waals surface area contributed by atoms with Crippen LogP contribution in [-0.4, -0.2) is 30.5 Å². The molecule has 0 amide bonds. The second-order valence-electron chi connectivity index (χ2n) is 2.80. The Morgan fingerprint density at radius 2 is 0.750 bits per heavy atom. The van der Waals surface area contributed by atoms with Gasteiger partial charge in [0.15, 0.2) is 0 Å². The summed E-state index contributed by atoms with van der Waals surface area (Å²) in [6.45, 7) is 16.3. The predicted octanol–water partition coefficient (Wildman–Crippen LogP) is 2.49. The largest absolute Gasteiger partial charge is 0.435 e. The third-order valence-electron chi connectivity index (χ3n) is 0.748. The van der Waals surface area contributed by atoms with E-state index in [2.05, 4.69) is 33.9 Å². The van der Waals surface area contributed by atoms with Gasteiger partial charge in [-0.25, -0.2) is 0 Å². The van der Waals surface area contributed by atoms with Gasteiger partial charge >= 0.3 is 17.9 Å². The van der Waals surface area contributed by atoms with Crippen molar-refractivity contribution in [2.24, 2.45) is 0 Å². The molecule has 8 heteroatoms. The first kappa shape index (κ1) is 32.8. The lowest BCUT2D eigenvalue weighted by Gasteiger charge is -1.83. The van der Waals surface area contributed by atoms with E-state index >= 15 is 0 Å². The average molecular weight is 346 g/mol. The van der Waals surface area contributed by atoms with Crippen molar-refractivity contribution >= 4 is 30.5 Å². The third-order valence-corrected chi connectivity index (χ3v) is 0.748. The first-order valence-corrected chi connectivity index (χ1v) is 6.28. The van der Waals surface area contributed by atoms with E-state index in [0.717, 1.165) is 31.4 Å². The van der Waals surface area contributed by atoms with Crippen LogP contribution in [0.15, 0.2) is 38.5 Å². The van der Waals surface area contributed by atoms with Gasteiger partial charge in [-0.2, -0.15) is 0 Å². The van der Waals surface area contributed by atoms with Gasteiger partial charge in [-0.15, -0.1) is 0 Å². The van der Waals surface area contributed by atoms with Crippen molar-refractivity contribution < 1.29 is 38.2 Å². The van der Waals surface area contributed by atoms with E-state index in [1.165, 1.54) is 34.6 Å². The lowest BCUT2D eigenvalue weighted by molar-refractivity contribution is -0.136. The number of ether oxygens (including phenoxy) is 3. The maximum Gasteiger partial charge on any atom is 0.307 e. The molecule has 0 aromatic heterocycles. The topological polar surface area (TPSA) is 113 Å². The highest BCUT2D eigenvalue weighted by atomic mass is 16.5. The Hall–Kier alpha value is -3.03. The van der Waals surface area contributed by atoms with E-state index in [1.807, 2.05) is 0 Å². The second-order valence-corrected chi connectivity index (χ2v) is 2.80. The van der Waals surface area contributed by atoms with Gasteiger partial charge in [-0.1, -0.05) is 19.7 Å². The molecular formula is C16H26O8. The van der Waals surface area contributed by atoms with Crippen molar-refractivity contribution in [2.45, 2.75) is 34.6 Å². The molecule has 0 spiro atoms. The maximum absolute atomic E-state index is 9.75. The van der Waals surface area contributed by atoms with Crippen molar-refractivity contribution in [3.63, 3.8) is 0 Å².